The lowest BCUT2D eigenvalue weighted by Crippen LogP contribution is -2.30. The Balaban J connectivity index is 1.54. The molecule has 0 saturated heterocycles. The minimum absolute atomic E-state index is 0.127. The monoisotopic (exact) mass is 370 g/mol. The average molecular weight is 370 g/mol. The average Bonchev–Trinajstić information content (AvgIpc) is 3.24. The number of rotatable bonds is 4. The molecule has 4 rings (SSSR count). The molecule has 3 heterocycles. The molecule has 0 fully saturated rings. The highest BCUT2D eigenvalue weighted by molar-refractivity contribution is 7.18. The summed E-state index contributed by atoms with van der Waals surface area (Å²) in [5, 5.41) is 4.49. The number of nitrogens with one attached hydrogen (secondary N) is 1. The van der Waals surface area contributed by atoms with Gasteiger partial charge >= 0.3 is 0 Å². The molecule has 0 radical (unpaired) electrons. The number of hydrogen-bond donors (Lipinski definition) is 1. The van der Waals surface area contributed by atoms with Crippen LogP contribution in [0.1, 0.15) is 29.5 Å². The molecule has 0 aliphatic heterocycles. The first-order valence-corrected chi connectivity index (χ1v) is 9.28. The smallest absolute Gasteiger partial charge is 0.262 e. The second kappa shape index (κ2) is 6.87. The van der Waals surface area contributed by atoms with Crippen LogP contribution in [0.5, 0.6) is 0 Å². The highest BCUT2D eigenvalue weighted by Crippen LogP contribution is 2.35. The van der Waals surface area contributed by atoms with Crippen LogP contribution in [-0.2, 0) is 24.2 Å². The molecular weight excluding hydrogens is 352 g/mol. The van der Waals surface area contributed by atoms with Crippen molar-refractivity contribution < 1.29 is 9.21 Å². The van der Waals surface area contributed by atoms with E-state index in [0.29, 0.717) is 17.1 Å². The summed E-state index contributed by atoms with van der Waals surface area (Å²) >= 11 is 1.60. The normalized spacial score (nSPS) is 16.9. The van der Waals surface area contributed by atoms with Crippen LogP contribution in [0, 0.1) is 5.92 Å². The van der Waals surface area contributed by atoms with Crippen LogP contribution in [0.3, 0.4) is 0 Å². The van der Waals surface area contributed by atoms with E-state index in [1.54, 1.807) is 23.5 Å². The van der Waals surface area contributed by atoms with Gasteiger partial charge in [-0.25, -0.2) is 10.4 Å². The van der Waals surface area contributed by atoms with Crippen molar-refractivity contribution in [1.29, 1.82) is 0 Å². The molecule has 26 heavy (non-hydrogen) atoms. The second-order valence-electron chi connectivity index (χ2n) is 6.52. The van der Waals surface area contributed by atoms with Gasteiger partial charge in [-0.2, -0.15) is 5.10 Å². The minimum atomic E-state index is -0.395. The lowest BCUT2D eigenvalue weighted by Gasteiger charge is -2.17. The van der Waals surface area contributed by atoms with Gasteiger partial charge in [0.15, 0.2) is 0 Å². The Labute approximate surface area is 153 Å². The minimum Gasteiger partial charge on any atom is -0.463 e. The number of carbonyl (C=O) groups excluding carboxylic acids is 1. The van der Waals surface area contributed by atoms with E-state index >= 15 is 0 Å². The van der Waals surface area contributed by atoms with Gasteiger partial charge in [0.2, 0.25) is 0 Å². The second-order valence-corrected chi connectivity index (χ2v) is 7.60. The summed E-state index contributed by atoms with van der Waals surface area (Å²) in [6, 6.07) is 3.45. The van der Waals surface area contributed by atoms with Crippen molar-refractivity contribution in [2.75, 3.05) is 0 Å². The van der Waals surface area contributed by atoms with E-state index in [1.807, 2.05) is 0 Å². The van der Waals surface area contributed by atoms with Gasteiger partial charge in [0.1, 0.15) is 17.1 Å². The molecule has 8 heteroatoms. The Bertz CT molecular complexity index is 1030. The SMILES string of the molecule is C[C@@H]1CCc2c(sc3ncn(CC(=O)N/N=C\c4ccco4)c(=O)c23)C1. The van der Waals surface area contributed by atoms with Gasteiger partial charge in [-0.1, -0.05) is 6.92 Å². The number of furan rings is 1. The lowest BCUT2D eigenvalue weighted by atomic mass is 9.89. The summed E-state index contributed by atoms with van der Waals surface area (Å²) in [4.78, 5) is 31.3. The molecule has 0 bridgehead atoms. The molecule has 1 N–H and O–H groups in total. The van der Waals surface area contributed by atoms with Crippen molar-refractivity contribution in [2.24, 2.45) is 11.0 Å². The largest absolute Gasteiger partial charge is 0.463 e. The van der Waals surface area contributed by atoms with Gasteiger partial charge in [-0.05, 0) is 42.9 Å². The Morgan fingerprint density at radius 3 is 3.27 bits per heavy atom. The number of amides is 1. The molecule has 0 spiro atoms. The van der Waals surface area contributed by atoms with Crippen LogP contribution in [0.4, 0.5) is 0 Å². The van der Waals surface area contributed by atoms with Crippen molar-refractivity contribution in [3.63, 3.8) is 0 Å². The van der Waals surface area contributed by atoms with Crippen molar-refractivity contribution in [2.45, 2.75) is 32.7 Å². The molecule has 134 valence electrons. The Morgan fingerprint density at radius 1 is 1.58 bits per heavy atom. The lowest BCUT2D eigenvalue weighted by molar-refractivity contribution is -0.121. The van der Waals surface area contributed by atoms with E-state index in [0.717, 1.165) is 29.7 Å². The number of fused-ring (bicyclic) bond motifs is 3. The first-order valence-electron chi connectivity index (χ1n) is 8.47. The van der Waals surface area contributed by atoms with Crippen molar-refractivity contribution in [3.05, 3.63) is 51.3 Å². The number of carbonyl (C=O) groups is 1. The summed E-state index contributed by atoms with van der Waals surface area (Å²) < 4.78 is 6.43. The first-order chi connectivity index (χ1) is 12.6. The standard InChI is InChI=1S/C18H18N4O3S/c1-11-4-5-13-14(7-11)26-17-16(13)18(24)22(10-19-17)9-15(23)21-20-8-12-3-2-6-25-12/h2-3,6,8,10-11H,4-5,7,9H2,1H3,(H,21,23)/b20-8-/t11-/m1/s1. The van der Waals surface area contributed by atoms with E-state index in [1.165, 1.54) is 28.2 Å². The summed E-state index contributed by atoms with van der Waals surface area (Å²) in [5.74, 6) is 0.772. The Morgan fingerprint density at radius 2 is 2.46 bits per heavy atom. The molecule has 1 amide bonds. The maximum atomic E-state index is 12.8. The van der Waals surface area contributed by atoms with E-state index in [4.69, 9.17) is 4.42 Å². The molecule has 3 aromatic rings. The highest BCUT2D eigenvalue weighted by Gasteiger charge is 2.23. The predicted octanol–water partition coefficient (Wildman–Crippen LogP) is 2.33. The third kappa shape index (κ3) is 3.20. The molecule has 7 nitrogen and oxygen atoms in total. The fourth-order valence-electron chi connectivity index (χ4n) is 3.20. The third-order valence-corrected chi connectivity index (χ3v) is 5.68. The maximum Gasteiger partial charge on any atom is 0.262 e. The number of nitrogens with zero attached hydrogens (tertiary/aromatic N) is 3. The zero-order valence-electron chi connectivity index (χ0n) is 14.3. The number of hydrazone groups is 1. The number of aryl methyl sites for hydroxylation is 1. The van der Waals surface area contributed by atoms with E-state index in [9.17, 15) is 9.59 Å². The zero-order valence-corrected chi connectivity index (χ0v) is 15.1. The molecule has 0 saturated carbocycles. The fraction of sp³-hybridized carbons (Fsp3) is 0.333. The molecule has 0 unspecified atom stereocenters. The Kier molecular flexibility index (Phi) is 4.42. The summed E-state index contributed by atoms with van der Waals surface area (Å²) in [7, 11) is 0. The molecule has 3 aromatic heterocycles. The topological polar surface area (TPSA) is 89.5 Å². The van der Waals surface area contributed by atoms with Gasteiger partial charge in [-0.3, -0.25) is 14.2 Å². The quantitative estimate of drug-likeness (QED) is 0.564. The number of aromatic nitrogens is 2. The van der Waals surface area contributed by atoms with Crippen molar-refractivity contribution in [1.82, 2.24) is 15.0 Å². The van der Waals surface area contributed by atoms with Crippen LogP contribution in [0.15, 0.2) is 39.0 Å². The summed E-state index contributed by atoms with van der Waals surface area (Å²) in [6.45, 7) is 2.10. The van der Waals surface area contributed by atoms with Gasteiger partial charge in [0, 0.05) is 4.88 Å². The zero-order chi connectivity index (χ0) is 18.1. The van der Waals surface area contributed by atoms with Crippen LogP contribution < -0.4 is 11.0 Å². The first kappa shape index (κ1) is 16.7. The maximum absolute atomic E-state index is 12.8. The van der Waals surface area contributed by atoms with Crippen molar-refractivity contribution in [3.8, 4) is 0 Å². The van der Waals surface area contributed by atoms with Gasteiger partial charge in [-0.15, -0.1) is 11.3 Å². The third-order valence-electron chi connectivity index (χ3n) is 4.52. The Hall–Kier alpha value is -2.74. The van der Waals surface area contributed by atoms with Crippen LogP contribution in [0.2, 0.25) is 0 Å². The molecule has 1 atom stereocenters. The molecule has 1 aliphatic rings. The van der Waals surface area contributed by atoms with Gasteiger partial charge in [0.25, 0.3) is 11.5 Å². The van der Waals surface area contributed by atoms with Gasteiger partial charge < -0.3 is 4.42 Å². The predicted molar refractivity (Wildman–Crippen MR) is 99.5 cm³/mol. The van der Waals surface area contributed by atoms with Crippen LogP contribution in [-0.4, -0.2) is 21.7 Å². The summed E-state index contributed by atoms with van der Waals surface area (Å²) in [6.07, 6.45) is 7.33. The van der Waals surface area contributed by atoms with Crippen molar-refractivity contribution >= 4 is 33.7 Å². The van der Waals surface area contributed by atoms with E-state index < -0.39 is 5.91 Å². The highest BCUT2D eigenvalue weighted by atomic mass is 32.1. The molecule has 1 aliphatic carbocycles. The van der Waals surface area contributed by atoms with Crippen LogP contribution >= 0.6 is 11.3 Å². The van der Waals surface area contributed by atoms with E-state index in [-0.39, 0.29) is 12.1 Å². The number of hydrogen-bond acceptors (Lipinski definition) is 6. The summed E-state index contributed by atoms with van der Waals surface area (Å²) in [5.41, 5.74) is 3.35. The number of thiophene rings is 1. The molecule has 0 aromatic carbocycles. The van der Waals surface area contributed by atoms with Gasteiger partial charge in [0.05, 0.1) is 24.2 Å². The van der Waals surface area contributed by atoms with Crippen LogP contribution in [0.25, 0.3) is 10.2 Å². The fourth-order valence-corrected chi connectivity index (χ4v) is 4.54. The van der Waals surface area contributed by atoms with E-state index in [2.05, 4.69) is 22.4 Å². The molecular formula is C18H18N4O3S.